The van der Waals surface area contributed by atoms with Crippen LogP contribution in [0.15, 0.2) is 47.4 Å². The number of hydrogen-bond acceptors (Lipinski definition) is 6. The highest BCUT2D eigenvalue weighted by Gasteiger charge is 2.27. The maximum atomic E-state index is 13.9. The average molecular weight is 525 g/mol. The molecule has 1 aliphatic heterocycles. The molecule has 1 saturated heterocycles. The normalized spacial score (nSPS) is 21.8. The van der Waals surface area contributed by atoms with Crippen molar-refractivity contribution in [2.45, 2.75) is 62.5 Å². The van der Waals surface area contributed by atoms with Gasteiger partial charge in [0.1, 0.15) is 16.8 Å². The summed E-state index contributed by atoms with van der Waals surface area (Å²) in [5, 5.41) is 6.71. The number of aromatic amines is 1. The van der Waals surface area contributed by atoms with Gasteiger partial charge in [0.15, 0.2) is 0 Å². The Hall–Kier alpha value is -3.40. The topological polar surface area (TPSA) is 113 Å². The van der Waals surface area contributed by atoms with Crippen LogP contribution < -0.4 is 20.9 Å². The standard InChI is InChI=1S/C27H29FN4O4S/c28-16-13-21(27(29-15-16)36-24-7-3-4-12-37-24)26(35)31-18-10-8-17(9-11-18)30-25(34)20-14-23(33)32-22-6-2-1-5-19(20)22/h1-2,5-6,13-15,17-18,24H,3-4,7-12H2,(H,30,34)(H,31,35)(H,32,33). The first-order chi connectivity index (χ1) is 18.0. The lowest BCUT2D eigenvalue weighted by atomic mass is 9.90. The van der Waals surface area contributed by atoms with Crippen LogP contribution in [0, 0.1) is 5.82 Å². The molecule has 1 saturated carbocycles. The second-order valence-corrected chi connectivity index (χ2v) is 10.8. The van der Waals surface area contributed by atoms with Crippen LogP contribution in [0.5, 0.6) is 5.88 Å². The number of halogens is 1. The van der Waals surface area contributed by atoms with Crippen molar-refractivity contribution in [3.05, 3.63) is 69.9 Å². The van der Waals surface area contributed by atoms with E-state index in [0.717, 1.165) is 31.2 Å². The molecular formula is C27H29FN4O4S. The zero-order valence-electron chi connectivity index (χ0n) is 20.3. The van der Waals surface area contributed by atoms with E-state index >= 15 is 0 Å². The highest BCUT2D eigenvalue weighted by molar-refractivity contribution is 7.99. The lowest BCUT2D eigenvalue weighted by Gasteiger charge is -2.30. The number of ether oxygens (including phenoxy) is 1. The van der Waals surface area contributed by atoms with Crippen molar-refractivity contribution in [3.8, 4) is 5.88 Å². The first-order valence-corrected chi connectivity index (χ1v) is 13.7. The highest BCUT2D eigenvalue weighted by atomic mass is 32.2. The second kappa shape index (κ2) is 11.3. The summed E-state index contributed by atoms with van der Waals surface area (Å²) in [4.78, 5) is 44.8. The maximum Gasteiger partial charge on any atom is 0.257 e. The number of carbonyl (C=O) groups is 2. The van der Waals surface area contributed by atoms with Gasteiger partial charge in [-0.1, -0.05) is 18.2 Å². The molecule has 3 aromatic rings. The SMILES string of the molecule is O=C(NC1CCC(NC(=O)c2cc(=O)[nH]c3ccccc23)CC1)c1cc(F)cnc1OC1CCCCS1. The van der Waals surface area contributed by atoms with Crippen molar-refractivity contribution in [3.63, 3.8) is 0 Å². The fourth-order valence-electron chi connectivity index (χ4n) is 4.91. The molecule has 2 aromatic heterocycles. The molecule has 2 amide bonds. The van der Waals surface area contributed by atoms with Gasteiger partial charge in [0.2, 0.25) is 11.4 Å². The Kier molecular flexibility index (Phi) is 7.73. The van der Waals surface area contributed by atoms with Gasteiger partial charge >= 0.3 is 0 Å². The van der Waals surface area contributed by atoms with Crippen molar-refractivity contribution in [2.24, 2.45) is 0 Å². The lowest BCUT2D eigenvalue weighted by molar-refractivity contribution is 0.0889. The van der Waals surface area contributed by atoms with E-state index in [4.69, 9.17) is 4.74 Å². The van der Waals surface area contributed by atoms with E-state index in [9.17, 15) is 18.8 Å². The van der Waals surface area contributed by atoms with Crippen LogP contribution >= 0.6 is 11.8 Å². The Balaban J connectivity index is 1.18. The predicted molar refractivity (Wildman–Crippen MR) is 140 cm³/mol. The summed E-state index contributed by atoms with van der Waals surface area (Å²) >= 11 is 1.68. The van der Waals surface area contributed by atoms with E-state index in [1.165, 1.54) is 12.1 Å². The number of para-hydroxylation sites is 1. The van der Waals surface area contributed by atoms with Crippen molar-refractivity contribution < 1.29 is 18.7 Å². The highest BCUT2D eigenvalue weighted by Crippen LogP contribution is 2.29. The summed E-state index contributed by atoms with van der Waals surface area (Å²) in [6.07, 6.45) is 6.77. The minimum Gasteiger partial charge on any atom is -0.463 e. The number of amides is 2. The predicted octanol–water partition coefficient (Wildman–Crippen LogP) is 4.16. The number of nitrogens with one attached hydrogen (secondary N) is 3. The largest absolute Gasteiger partial charge is 0.463 e. The van der Waals surface area contributed by atoms with E-state index in [-0.39, 0.29) is 40.4 Å². The molecule has 1 atom stereocenters. The fraction of sp³-hybridized carbons (Fsp3) is 0.407. The summed E-state index contributed by atoms with van der Waals surface area (Å²) in [6, 6.07) is 9.51. The number of rotatable bonds is 6. The molecule has 194 valence electrons. The third kappa shape index (κ3) is 6.12. The van der Waals surface area contributed by atoms with Gasteiger partial charge in [-0.3, -0.25) is 14.4 Å². The fourth-order valence-corrected chi connectivity index (χ4v) is 6.04. The van der Waals surface area contributed by atoms with Gasteiger partial charge in [0, 0.05) is 29.1 Å². The smallest absolute Gasteiger partial charge is 0.257 e. The van der Waals surface area contributed by atoms with Gasteiger partial charge in [-0.15, -0.1) is 11.8 Å². The number of carbonyl (C=O) groups excluding carboxylic acids is 2. The Morgan fingerprint density at radius 1 is 0.973 bits per heavy atom. The third-order valence-electron chi connectivity index (χ3n) is 6.84. The molecule has 3 heterocycles. The molecular weight excluding hydrogens is 495 g/mol. The number of pyridine rings is 2. The zero-order valence-corrected chi connectivity index (χ0v) is 21.1. The van der Waals surface area contributed by atoms with Gasteiger partial charge in [0.05, 0.1) is 11.8 Å². The molecule has 1 aliphatic carbocycles. The third-order valence-corrected chi connectivity index (χ3v) is 8.06. The Labute approximate surface area is 217 Å². The van der Waals surface area contributed by atoms with E-state index in [0.29, 0.717) is 42.1 Å². The number of hydrogen-bond donors (Lipinski definition) is 3. The number of nitrogens with zero attached hydrogens (tertiary/aromatic N) is 1. The monoisotopic (exact) mass is 524 g/mol. The van der Waals surface area contributed by atoms with Crippen LogP contribution in [0.25, 0.3) is 10.9 Å². The second-order valence-electron chi connectivity index (χ2n) is 9.51. The van der Waals surface area contributed by atoms with Gasteiger partial charge in [0.25, 0.3) is 11.8 Å². The Bertz CT molecular complexity index is 1350. The molecule has 1 unspecified atom stereocenters. The molecule has 37 heavy (non-hydrogen) atoms. The summed E-state index contributed by atoms with van der Waals surface area (Å²) in [5.41, 5.74) is 0.644. The van der Waals surface area contributed by atoms with Crippen LogP contribution in [-0.2, 0) is 0 Å². The van der Waals surface area contributed by atoms with Gasteiger partial charge in [-0.2, -0.15) is 0 Å². The average Bonchev–Trinajstić information content (AvgIpc) is 2.91. The molecule has 1 aromatic carbocycles. The molecule has 0 spiro atoms. The van der Waals surface area contributed by atoms with E-state index < -0.39 is 11.7 Å². The van der Waals surface area contributed by atoms with Crippen molar-refractivity contribution >= 4 is 34.5 Å². The number of thioether (sulfide) groups is 1. The molecule has 2 aliphatic rings. The van der Waals surface area contributed by atoms with Gasteiger partial charge in [-0.05, 0) is 62.8 Å². The van der Waals surface area contributed by atoms with Crippen LogP contribution in [0.2, 0.25) is 0 Å². The molecule has 10 heteroatoms. The molecule has 5 rings (SSSR count). The molecule has 0 radical (unpaired) electrons. The van der Waals surface area contributed by atoms with Crippen LogP contribution in [0.1, 0.15) is 65.7 Å². The molecule has 3 N–H and O–H groups in total. The Morgan fingerprint density at radius 2 is 1.68 bits per heavy atom. The molecule has 0 bridgehead atoms. The summed E-state index contributed by atoms with van der Waals surface area (Å²) < 4.78 is 19.9. The quantitative estimate of drug-likeness (QED) is 0.447. The first kappa shape index (κ1) is 25.3. The summed E-state index contributed by atoms with van der Waals surface area (Å²) in [5.74, 6) is -0.144. The maximum absolute atomic E-state index is 13.9. The van der Waals surface area contributed by atoms with E-state index in [1.807, 2.05) is 6.07 Å². The van der Waals surface area contributed by atoms with Crippen LogP contribution in [0.4, 0.5) is 4.39 Å². The van der Waals surface area contributed by atoms with Crippen LogP contribution in [0.3, 0.4) is 0 Å². The Morgan fingerprint density at radius 3 is 2.38 bits per heavy atom. The van der Waals surface area contributed by atoms with E-state index in [1.54, 1.807) is 30.0 Å². The van der Waals surface area contributed by atoms with Crippen molar-refractivity contribution in [1.82, 2.24) is 20.6 Å². The zero-order chi connectivity index (χ0) is 25.8. The minimum absolute atomic E-state index is 0.0724. The number of benzene rings is 1. The number of fused-ring (bicyclic) bond motifs is 1. The van der Waals surface area contributed by atoms with Crippen molar-refractivity contribution in [1.29, 1.82) is 0 Å². The summed E-state index contributed by atoms with van der Waals surface area (Å²) in [6.45, 7) is 0. The minimum atomic E-state index is -0.590. The van der Waals surface area contributed by atoms with Crippen molar-refractivity contribution in [2.75, 3.05) is 5.75 Å². The first-order valence-electron chi connectivity index (χ1n) is 12.6. The number of aromatic nitrogens is 2. The number of H-pyrrole nitrogens is 1. The van der Waals surface area contributed by atoms with Crippen LogP contribution in [-0.4, -0.2) is 45.1 Å². The van der Waals surface area contributed by atoms with Gasteiger partial charge in [-0.25, -0.2) is 9.37 Å². The lowest BCUT2D eigenvalue weighted by Crippen LogP contribution is -2.44. The van der Waals surface area contributed by atoms with E-state index in [2.05, 4.69) is 20.6 Å². The molecule has 2 fully saturated rings. The molecule has 8 nitrogen and oxygen atoms in total. The van der Waals surface area contributed by atoms with Gasteiger partial charge < -0.3 is 20.4 Å². The summed E-state index contributed by atoms with van der Waals surface area (Å²) in [7, 11) is 0.